The monoisotopic (exact) mass is 258 g/mol. The molecule has 0 radical (unpaired) electrons. The van der Waals surface area contributed by atoms with Crippen LogP contribution in [0.15, 0.2) is 30.3 Å². The third-order valence-corrected chi connectivity index (χ3v) is 5.14. The van der Waals surface area contributed by atoms with Crippen molar-refractivity contribution >= 4 is 0 Å². The summed E-state index contributed by atoms with van der Waals surface area (Å²) in [4.78, 5) is 2.61. The first kappa shape index (κ1) is 13.1. The number of hydrogen-bond donors (Lipinski definition) is 1. The van der Waals surface area contributed by atoms with Gasteiger partial charge < -0.3 is 5.73 Å². The van der Waals surface area contributed by atoms with Crippen LogP contribution in [0.5, 0.6) is 0 Å². The van der Waals surface area contributed by atoms with Crippen LogP contribution in [0.25, 0.3) is 0 Å². The number of likely N-dealkylation sites (tertiary alicyclic amines) is 1. The van der Waals surface area contributed by atoms with Crippen molar-refractivity contribution in [2.45, 2.75) is 51.1 Å². The summed E-state index contributed by atoms with van der Waals surface area (Å²) in [6.45, 7) is 3.62. The maximum Gasteiger partial charge on any atom is 0.0233 e. The predicted molar refractivity (Wildman–Crippen MR) is 79.8 cm³/mol. The van der Waals surface area contributed by atoms with E-state index in [0.29, 0.717) is 11.5 Å². The van der Waals surface area contributed by atoms with E-state index < -0.39 is 0 Å². The lowest BCUT2D eigenvalue weighted by Crippen LogP contribution is -2.44. The zero-order chi connectivity index (χ0) is 13.1. The van der Waals surface area contributed by atoms with Crippen LogP contribution in [0.4, 0.5) is 0 Å². The minimum Gasteiger partial charge on any atom is -0.328 e. The summed E-state index contributed by atoms with van der Waals surface area (Å²) in [5.41, 5.74) is 8.22. The lowest BCUT2D eigenvalue weighted by atomic mass is 9.66. The van der Waals surface area contributed by atoms with Crippen molar-refractivity contribution in [2.24, 2.45) is 11.1 Å². The average Bonchev–Trinajstić information content (AvgIpc) is 2.43. The predicted octanol–water partition coefficient (Wildman–Crippen LogP) is 3.17. The molecular formula is C17H26N2. The van der Waals surface area contributed by atoms with E-state index in [0.717, 1.165) is 6.54 Å². The van der Waals surface area contributed by atoms with Crippen molar-refractivity contribution in [2.75, 3.05) is 13.1 Å². The molecule has 1 aliphatic carbocycles. The van der Waals surface area contributed by atoms with Gasteiger partial charge >= 0.3 is 0 Å². The van der Waals surface area contributed by atoms with Gasteiger partial charge in [0.15, 0.2) is 0 Å². The SMILES string of the molecule is NC1CCCC2(CCN(Cc3ccccc3)CC2)C1. The molecule has 1 atom stereocenters. The summed E-state index contributed by atoms with van der Waals surface area (Å²) in [7, 11) is 0. The second-order valence-corrected chi connectivity index (χ2v) is 6.62. The molecule has 1 saturated heterocycles. The second-order valence-electron chi connectivity index (χ2n) is 6.62. The van der Waals surface area contributed by atoms with Gasteiger partial charge in [-0.05, 0) is 56.2 Å². The Labute approximate surface area is 117 Å². The number of benzene rings is 1. The highest BCUT2D eigenvalue weighted by atomic mass is 15.1. The molecule has 0 amide bonds. The van der Waals surface area contributed by atoms with E-state index >= 15 is 0 Å². The highest BCUT2D eigenvalue weighted by Gasteiger charge is 2.37. The summed E-state index contributed by atoms with van der Waals surface area (Å²) in [5.74, 6) is 0. The van der Waals surface area contributed by atoms with E-state index in [1.54, 1.807) is 0 Å². The summed E-state index contributed by atoms with van der Waals surface area (Å²) < 4.78 is 0. The molecule has 0 bridgehead atoms. The molecule has 3 rings (SSSR count). The van der Waals surface area contributed by atoms with Gasteiger partial charge in [0.05, 0.1) is 0 Å². The molecule has 2 N–H and O–H groups in total. The van der Waals surface area contributed by atoms with Crippen LogP contribution in [-0.2, 0) is 6.54 Å². The van der Waals surface area contributed by atoms with Gasteiger partial charge in [0.25, 0.3) is 0 Å². The largest absolute Gasteiger partial charge is 0.328 e. The Morgan fingerprint density at radius 1 is 1.11 bits per heavy atom. The van der Waals surface area contributed by atoms with Crippen molar-refractivity contribution in [3.8, 4) is 0 Å². The zero-order valence-electron chi connectivity index (χ0n) is 11.9. The van der Waals surface area contributed by atoms with Crippen LogP contribution >= 0.6 is 0 Å². The van der Waals surface area contributed by atoms with Crippen molar-refractivity contribution in [1.29, 1.82) is 0 Å². The smallest absolute Gasteiger partial charge is 0.0233 e. The molecule has 1 spiro atoms. The zero-order valence-corrected chi connectivity index (χ0v) is 11.9. The van der Waals surface area contributed by atoms with Crippen LogP contribution < -0.4 is 5.73 Å². The maximum atomic E-state index is 6.18. The first-order chi connectivity index (χ1) is 9.26. The van der Waals surface area contributed by atoms with Gasteiger partial charge in [-0.15, -0.1) is 0 Å². The lowest BCUT2D eigenvalue weighted by molar-refractivity contribution is 0.0571. The van der Waals surface area contributed by atoms with E-state index in [2.05, 4.69) is 35.2 Å². The number of nitrogens with zero attached hydrogens (tertiary/aromatic N) is 1. The molecule has 1 aromatic rings. The average molecular weight is 258 g/mol. The number of nitrogens with two attached hydrogens (primary N) is 1. The fourth-order valence-corrected chi connectivity index (χ4v) is 3.98. The van der Waals surface area contributed by atoms with Crippen molar-refractivity contribution in [3.63, 3.8) is 0 Å². The fraction of sp³-hybridized carbons (Fsp3) is 0.647. The van der Waals surface area contributed by atoms with Gasteiger partial charge in [-0.2, -0.15) is 0 Å². The number of hydrogen-bond acceptors (Lipinski definition) is 2. The van der Waals surface area contributed by atoms with Gasteiger partial charge in [0.2, 0.25) is 0 Å². The third-order valence-electron chi connectivity index (χ3n) is 5.14. The molecule has 19 heavy (non-hydrogen) atoms. The standard InChI is InChI=1S/C17H26N2/c18-16-7-4-8-17(13-16)9-11-19(12-10-17)14-15-5-2-1-3-6-15/h1-3,5-6,16H,4,7-14,18H2. The van der Waals surface area contributed by atoms with Crippen LogP contribution in [-0.4, -0.2) is 24.0 Å². The van der Waals surface area contributed by atoms with Gasteiger partial charge in [-0.3, -0.25) is 4.90 Å². The molecule has 2 nitrogen and oxygen atoms in total. The Bertz CT molecular complexity index is 393. The molecule has 2 heteroatoms. The summed E-state index contributed by atoms with van der Waals surface area (Å²) in [5, 5.41) is 0. The Morgan fingerprint density at radius 3 is 2.53 bits per heavy atom. The molecule has 1 aliphatic heterocycles. The van der Waals surface area contributed by atoms with E-state index in [1.807, 2.05) is 0 Å². The fourth-order valence-electron chi connectivity index (χ4n) is 3.98. The molecule has 2 fully saturated rings. The molecule has 1 saturated carbocycles. The Kier molecular flexibility index (Phi) is 3.90. The molecular weight excluding hydrogens is 232 g/mol. The molecule has 1 unspecified atom stereocenters. The minimum atomic E-state index is 0.467. The first-order valence-corrected chi connectivity index (χ1v) is 7.78. The van der Waals surface area contributed by atoms with E-state index in [4.69, 9.17) is 5.73 Å². The quantitative estimate of drug-likeness (QED) is 0.883. The molecule has 104 valence electrons. The van der Waals surface area contributed by atoms with Crippen molar-refractivity contribution < 1.29 is 0 Å². The van der Waals surface area contributed by atoms with Gasteiger partial charge in [0.1, 0.15) is 0 Å². The summed E-state index contributed by atoms with van der Waals surface area (Å²) in [6.07, 6.45) is 7.99. The normalized spacial score (nSPS) is 27.5. The van der Waals surface area contributed by atoms with Crippen LogP contribution in [0.3, 0.4) is 0 Å². The van der Waals surface area contributed by atoms with Crippen LogP contribution in [0, 0.1) is 5.41 Å². The Balaban J connectivity index is 1.54. The Morgan fingerprint density at radius 2 is 1.84 bits per heavy atom. The molecule has 1 aromatic carbocycles. The van der Waals surface area contributed by atoms with E-state index in [-0.39, 0.29) is 0 Å². The minimum absolute atomic E-state index is 0.467. The highest BCUT2D eigenvalue weighted by molar-refractivity contribution is 5.14. The first-order valence-electron chi connectivity index (χ1n) is 7.78. The van der Waals surface area contributed by atoms with Gasteiger partial charge in [-0.25, -0.2) is 0 Å². The van der Waals surface area contributed by atoms with Crippen molar-refractivity contribution in [3.05, 3.63) is 35.9 Å². The summed E-state index contributed by atoms with van der Waals surface area (Å²) in [6, 6.07) is 11.3. The van der Waals surface area contributed by atoms with Crippen LogP contribution in [0.1, 0.15) is 44.1 Å². The van der Waals surface area contributed by atoms with Crippen molar-refractivity contribution in [1.82, 2.24) is 4.90 Å². The number of rotatable bonds is 2. The Hall–Kier alpha value is -0.860. The van der Waals surface area contributed by atoms with Gasteiger partial charge in [-0.1, -0.05) is 36.8 Å². The molecule has 2 aliphatic rings. The molecule has 1 heterocycles. The maximum absolute atomic E-state index is 6.18. The van der Waals surface area contributed by atoms with Gasteiger partial charge in [0, 0.05) is 12.6 Å². The van der Waals surface area contributed by atoms with E-state index in [9.17, 15) is 0 Å². The lowest BCUT2D eigenvalue weighted by Gasteiger charge is -2.46. The van der Waals surface area contributed by atoms with E-state index in [1.165, 1.54) is 57.2 Å². The second kappa shape index (κ2) is 5.64. The molecule has 0 aromatic heterocycles. The van der Waals surface area contributed by atoms with Crippen LogP contribution in [0.2, 0.25) is 0 Å². The number of piperidine rings is 1. The summed E-state index contributed by atoms with van der Waals surface area (Å²) >= 11 is 0. The highest BCUT2D eigenvalue weighted by Crippen LogP contribution is 2.44. The third kappa shape index (κ3) is 3.18. The topological polar surface area (TPSA) is 29.3 Å².